The number of carboxylic acid groups (broad SMARTS) is 1. The van der Waals surface area contributed by atoms with Gasteiger partial charge in [0.15, 0.2) is 10.1 Å². The van der Waals surface area contributed by atoms with Gasteiger partial charge in [-0.2, -0.15) is 0 Å². The molecular formula is C33H27N7O3S. The van der Waals surface area contributed by atoms with Crippen LogP contribution in [0.15, 0.2) is 83.0 Å². The van der Waals surface area contributed by atoms with E-state index in [0.717, 1.165) is 67.5 Å². The maximum Gasteiger partial charge on any atom is 0.352 e. The van der Waals surface area contributed by atoms with Crippen molar-refractivity contribution in [2.75, 3.05) is 29.4 Å². The monoisotopic (exact) mass is 601 g/mol. The highest BCUT2D eigenvalue weighted by atomic mass is 32.1. The van der Waals surface area contributed by atoms with Crippen LogP contribution in [0.3, 0.4) is 0 Å². The number of aromatic nitrogens is 3. The van der Waals surface area contributed by atoms with Crippen LogP contribution in [0.2, 0.25) is 0 Å². The Morgan fingerprint density at radius 1 is 0.864 bits per heavy atom. The highest BCUT2D eigenvalue weighted by Crippen LogP contribution is 2.41. The molecule has 44 heavy (non-hydrogen) atoms. The van der Waals surface area contributed by atoms with E-state index < -0.39 is 5.97 Å². The molecule has 8 rings (SSSR count). The van der Waals surface area contributed by atoms with Crippen LogP contribution in [-0.2, 0) is 6.42 Å². The molecule has 1 fully saturated rings. The number of benzene rings is 3. The topological polar surface area (TPSA) is 130 Å². The second-order valence-electron chi connectivity index (χ2n) is 11.1. The molecule has 5 heterocycles. The fourth-order valence-corrected chi connectivity index (χ4v) is 7.14. The minimum atomic E-state index is -1.01. The summed E-state index contributed by atoms with van der Waals surface area (Å²) in [6.45, 7) is 2.54. The predicted octanol–water partition coefficient (Wildman–Crippen LogP) is 7.69. The second-order valence-corrected chi connectivity index (χ2v) is 12.0. The first kappa shape index (κ1) is 26.3. The Morgan fingerprint density at radius 3 is 2.48 bits per heavy atom. The summed E-state index contributed by atoms with van der Waals surface area (Å²) in [7, 11) is 0. The molecule has 0 atom stereocenters. The number of carbonyl (C=O) groups excluding carboxylic acids is 1. The van der Waals surface area contributed by atoms with Crippen molar-refractivity contribution in [3.05, 3.63) is 89.7 Å². The van der Waals surface area contributed by atoms with Crippen LogP contribution >= 0.6 is 11.3 Å². The molecular weight excluding hydrogens is 574 g/mol. The van der Waals surface area contributed by atoms with Crippen molar-refractivity contribution in [3.8, 4) is 11.3 Å². The summed E-state index contributed by atoms with van der Waals surface area (Å²) in [4.78, 5) is 40.3. The summed E-state index contributed by atoms with van der Waals surface area (Å²) in [6.07, 6.45) is 3.00. The molecule has 3 N–H and O–H groups in total. The summed E-state index contributed by atoms with van der Waals surface area (Å²) in [5.74, 6) is -1.14. The van der Waals surface area contributed by atoms with Gasteiger partial charge in [0.1, 0.15) is 17.1 Å². The van der Waals surface area contributed by atoms with Gasteiger partial charge in [-0.1, -0.05) is 41.7 Å². The van der Waals surface area contributed by atoms with Gasteiger partial charge in [0, 0.05) is 52.7 Å². The molecule has 0 spiro atoms. The van der Waals surface area contributed by atoms with Crippen molar-refractivity contribution in [2.45, 2.75) is 19.3 Å². The van der Waals surface area contributed by atoms with Crippen molar-refractivity contribution >= 4 is 66.5 Å². The third-order valence-corrected chi connectivity index (χ3v) is 9.36. The van der Waals surface area contributed by atoms with Gasteiger partial charge in [-0.25, -0.2) is 9.78 Å². The van der Waals surface area contributed by atoms with Crippen LogP contribution in [0.4, 0.5) is 21.5 Å². The standard InChI is InChI=1S/C33H27N7O3S/c41-31(40-15-12-22-23-18-27(32(42)43)35-25(23)10-11-28(22)40)26-17-20-16-21(8-9-24(20)34-26)37-38-30-29(19-6-2-1-3-7-19)36-33(44-30)39-13-4-5-14-39/h1-3,6-11,16-18,34-35H,4-5,12-15H2,(H,42,43). The zero-order chi connectivity index (χ0) is 29.8. The van der Waals surface area contributed by atoms with Gasteiger partial charge in [-0.15, -0.1) is 10.2 Å². The van der Waals surface area contributed by atoms with E-state index in [9.17, 15) is 14.7 Å². The van der Waals surface area contributed by atoms with E-state index in [4.69, 9.17) is 4.98 Å². The van der Waals surface area contributed by atoms with Crippen LogP contribution < -0.4 is 9.80 Å². The third kappa shape index (κ3) is 4.53. The maximum absolute atomic E-state index is 13.6. The molecule has 3 aromatic carbocycles. The highest BCUT2D eigenvalue weighted by molar-refractivity contribution is 7.19. The van der Waals surface area contributed by atoms with Crippen LogP contribution in [0.25, 0.3) is 33.1 Å². The van der Waals surface area contributed by atoms with Crippen molar-refractivity contribution in [1.29, 1.82) is 0 Å². The molecule has 11 heteroatoms. The molecule has 1 amide bonds. The molecule has 0 unspecified atom stereocenters. The molecule has 3 aromatic heterocycles. The van der Waals surface area contributed by atoms with Gasteiger partial charge in [-0.05, 0) is 67.3 Å². The van der Waals surface area contributed by atoms with Gasteiger partial charge in [0.05, 0.1) is 5.69 Å². The fourth-order valence-electron chi connectivity index (χ4n) is 6.18. The number of amides is 1. The SMILES string of the molecule is O=C(O)c1cc2c3c(ccc2[nH]1)N(C(=O)c1cc2cc(N=Nc4sc(N5CCCC5)nc4-c4ccccc4)ccc2[nH]1)CC3. The molecule has 0 radical (unpaired) electrons. The lowest BCUT2D eigenvalue weighted by Gasteiger charge is -2.16. The van der Waals surface area contributed by atoms with E-state index in [-0.39, 0.29) is 11.6 Å². The van der Waals surface area contributed by atoms with Crippen LogP contribution in [0.5, 0.6) is 0 Å². The minimum Gasteiger partial charge on any atom is -0.477 e. The first-order valence-electron chi connectivity index (χ1n) is 14.6. The van der Waals surface area contributed by atoms with E-state index in [1.54, 1.807) is 22.3 Å². The number of anilines is 2. The fraction of sp³-hybridized carbons (Fsp3) is 0.182. The number of aromatic amines is 2. The lowest BCUT2D eigenvalue weighted by Crippen LogP contribution is -2.29. The summed E-state index contributed by atoms with van der Waals surface area (Å²) in [5.41, 5.74) is 6.51. The number of hydrogen-bond acceptors (Lipinski definition) is 7. The van der Waals surface area contributed by atoms with Crippen molar-refractivity contribution in [3.63, 3.8) is 0 Å². The molecule has 218 valence electrons. The number of nitrogens with zero attached hydrogens (tertiary/aromatic N) is 5. The van der Waals surface area contributed by atoms with E-state index >= 15 is 0 Å². The van der Waals surface area contributed by atoms with E-state index in [2.05, 4.69) is 25.1 Å². The number of azo groups is 1. The Morgan fingerprint density at radius 2 is 1.66 bits per heavy atom. The first-order valence-corrected chi connectivity index (χ1v) is 15.4. The number of rotatable bonds is 6. The molecule has 0 saturated carbocycles. The van der Waals surface area contributed by atoms with Crippen LogP contribution in [0.1, 0.15) is 39.4 Å². The Kier molecular flexibility index (Phi) is 6.26. The number of H-pyrrole nitrogens is 2. The minimum absolute atomic E-state index is 0.136. The van der Waals surface area contributed by atoms with E-state index in [0.29, 0.717) is 24.3 Å². The van der Waals surface area contributed by atoms with Gasteiger partial charge in [-0.3, -0.25) is 4.79 Å². The van der Waals surface area contributed by atoms with Gasteiger partial charge in [0.25, 0.3) is 5.91 Å². The zero-order valence-corrected chi connectivity index (χ0v) is 24.4. The summed E-state index contributed by atoms with van der Waals surface area (Å²) >= 11 is 1.56. The number of carbonyl (C=O) groups is 2. The average Bonchev–Trinajstić information content (AvgIpc) is 3.87. The largest absolute Gasteiger partial charge is 0.477 e. The Balaban J connectivity index is 1.07. The summed E-state index contributed by atoms with van der Waals surface area (Å²) < 4.78 is 0. The second kappa shape index (κ2) is 10.5. The first-order chi connectivity index (χ1) is 21.5. The Labute approximate surface area is 255 Å². The van der Waals surface area contributed by atoms with Gasteiger partial charge < -0.3 is 24.9 Å². The quantitative estimate of drug-likeness (QED) is 0.169. The number of carboxylic acids is 1. The van der Waals surface area contributed by atoms with Crippen molar-refractivity contribution < 1.29 is 14.7 Å². The highest BCUT2D eigenvalue weighted by Gasteiger charge is 2.29. The van der Waals surface area contributed by atoms with Gasteiger partial charge in [0.2, 0.25) is 0 Å². The Hall–Kier alpha value is -5.29. The molecule has 10 nitrogen and oxygen atoms in total. The Bertz CT molecular complexity index is 2100. The van der Waals surface area contributed by atoms with E-state index in [1.165, 1.54) is 12.8 Å². The van der Waals surface area contributed by atoms with Crippen molar-refractivity contribution in [2.24, 2.45) is 10.2 Å². The zero-order valence-electron chi connectivity index (χ0n) is 23.6. The van der Waals surface area contributed by atoms with Gasteiger partial charge >= 0.3 is 5.97 Å². The predicted molar refractivity (Wildman–Crippen MR) is 172 cm³/mol. The van der Waals surface area contributed by atoms with Crippen LogP contribution in [-0.4, -0.2) is 51.6 Å². The maximum atomic E-state index is 13.6. The molecule has 1 saturated heterocycles. The van der Waals surface area contributed by atoms with Crippen LogP contribution in [0, 0.1) is 0 Å². The molecule has 0 aliphatic carbocycles. The van der Waals surface area contributed by atoms with E-state index in [1.807, 2.05) is 66.7 Å². The average molecular weight is 602 g/mol. The summed E-state index contributed by atoms with van der Waals surface area (Å²) in [6, 6.07) is 23.0. The molecule has 2 aliphatic rings. The molecule has 0 bridgehead atoms. The number of nitrogens with one attached hydrogen (secondary N) is 2. The lowest BCUT2D eigenvalue weighted by molar-refractivity contribution is 0.0691. The van der Waals surface area contributed by atoms with Crippen molar-refractivity contribution in [1.82, 2.24) is 15.0 Å². The molecule has 2 aliphatic heterocycles. The number of aromatic carboxylic acids is 1. The third-order valence-electron chi connectivity index (χ3n) is 8.35. The number of hydrogen-bond donors (Lipinski definition) is 3. The number of fused-ring (bicyclic) bond motifs is 4. The smallest absolute Gasteiger partial charge is 0.352 e. The molecule has 6 aromatic rings. The lowest BCUT2D eigenvalue weighted by atomic mass is 10.1. The normalized spacial score (nSPS) is 14.8. The summed E-state index contributed by atoms with van der Waals surface area (Å²) in [5, 5.41) is 22.1. The number of thiazole rings is 1.